The summed E-state index contributed by atoms with van der Waals surface area (Å²) < 4.78 is 10.9. The predicted octanol–water partition coefficient (Wildman–Crippen LogP) is 3.10. The Labute approximate surface area is 116 Å². The predicted molar refractivity (Wildman–Crippen MR) is 77.0 cm³/mol. The van der Waals surface area contributed by atoms with E-state index >= 15 is 0 Å². The molecule has 0 unspecified atom stereocenters. The average molecular weight is 270 g/mol. The number of aliphatic hydroxyl groups is 2. The van der Waals surface area contributed by atoms with Crippen molar-refractivity contribution in [1.29, 1.82) is 0 Å². The fraction of sp³-hybridized carbons (Fsp3) is 0.600. The Balaban J connectivity index is 4.64. The molecule has 0 aliphatic carbocycles. The van der Waals surface area contributed by atoms with E-state index in [1.807, 2.05) is 39.8 Å². The van der Waals surface area contributed by atoms with Crippen molar-refractivity contribution >= 4 is 0 Å². The first-order chi connectivity index (χ1) is 8.88. The van der Waals surface area contributed by atoms with Crippen LogP contribution in [0.3, 0.4) is 0 Å². The molecule has 0 saturated heterocycles. The van der Waals surface area contributed by atoms with E-state index in [9.17, 15) is 5.11 Å². The minimum atomic E-state index is -0.849. The van der Waals surface area contributed by atoms with Crippen molar-refractivity contribution in [2.24, 2.45) is 0 Å². The fourth-order valence-corrected chi connectivity index (χ4v) is 1.09. The van der Waals surface area contributed by atoms with Crippen LogP contribution in [0.4, 0.5) is 0 Å². The molecule has 2 N–H and O–H groups in total. The van der Waals surface area contributed by atoms with Crippen LogP contribution in [0.2, 0.25) is 0 Å². The lowest BCUT2D eigenvalue weighted by molar-refractivity contribution is -0.122. The molecule has 0 bridgehead atoms. The van der Waals surface area contributed by atoms with E-state index in [4.69, 9.17) is 14.6 Å². The summed E-state index contributed by atoms with van der Waals surface area (Å²) in [6.45, 7) is 9.99. The molecule has 0 aliphatic heterocycles. The van der Waals surface area contributed by atoms with Gasteiger partial charge < -0.3 is 19.7 Å². The second kappa shape index (κ2) is 9.78. The van der Waals surface area contributed by atoms with Gasteiger partial charge in [0.1, 0.15) is 5.76 Å². The molecule has 110 valence electrons. The zero-order valence-electron chi connectivity index (χ0n) is 12.6. The highest BCUT2D eigenvalue weighted by Crippen LogP contribution is 2.11. The molecule has 0 radical (unpaired) electrons. The number of hydrogen-bond donors (Lipinski definition) is 2. The van der Waals surface area contributed by atoms with E-state index in [1.165, 1.54) is 0 Å². The zero-order chi connectivity index (χ0) is 14.8. The summed E-state index contributed by atoms with van der Waals surface area (Å²) in [5.41, 5.74) is 2.70. The third kappa shape index (κ3) is 8.59. The molecule has 0 aromatic heterocycles. The summed E-state index contributed by atoms with van der Waals surface area (Å²) in [4.78, 5) is 0. The van der Waals surface area contributed by atoms with Crippen molar-refractivity contribution in [2.45, 2.75) is 40.9 Å². The highest BCUT2D eigenvalue weighted by atomic mass is 16.7. The first-order valence-electron chi connectivity index (χ1n) is 6.37. The van der Waals surface area contributed by atoms with Crippen LogP contribution in [0.5, 0.6) is 0 Å². The summed E-state index contributed by atoms with van der Waals surface area (Å²) in [5, 5.41) is 19.0. The van der Waals surface area contributed by atoms with Gasteiger partial charge in [0.25, 0.3) is 0 Å². The molecule has 0 heterocycles. The van der Waals surface area contributed by atoms with E-state index < -0.39 is 6.29 Å². The summed E-state index contributed by atoms with van der Waals surface area (Å²) >= 11 is 0. The molecule has 0 aromatic rings. The maximum atomic E-state index is 9.94. The van der Waals surface area contributed by atoms with Crippen molar-refractivity contribution < 1.29 is 19.7 Å². The minimum Gasteiger partial charge on any atom is -0.507 e. The maximum absolute atomic E-state index is 9.94. The molecular formula is C15H26O4. The van der Waals surface area contributed by atoms with Crippen LogP contribution in [0, 0.1) is 0 Å². The highest BCUT2D eigenvalue weighted by molar-refractivity contribution is 5.07. The molecule has 0 atom stereocenters. The number of ether oxygens (including phenoxy) is 2. The fourth-order valence-electron chi connectivity index (χ4n) is 1.09. The zero-order valence-corrected chi connectivity index (χ0v) is 12.6. The Morgan fingerprint density at radius 3 is 1.68 bits per heavy atom. The standard InChI is InChI=1S/C15H26O4/c1-11(2)6-8-18-15(14(17)13(5)10-16)19-9-7-12(3)4/h6-7,15-17H,8-10H2,1-5H3. The van der Waals surface area contributed by atoms with Crippen molar-refractivity contribution in [2.75, 3.05) is 19.8 Å². The Bertz CT molecular complexity index is 323. The Morgan fingerprint density at radius 1 is 0.947 bits per heavy atom. The van der Waals surface area contributed by atoms with Crippen molar-refractivity contribution in [3.05, 3.63) is 34.6 Å². The van der Waals surface area contributed by atoms with Crippen LogP contribution in [-0.2, 0) is 9.47 Å². The molecule has 4 nitrogen and oxygen atoms in total. The van der Waals surface area contributed by atoms with Crippen LogP contribution < -0.4 is 0 Å². The summed E-state index contributed by atoms with van der Waals surface area (Å²) in [6.07, 6.45) is 2.95. The van der Waals surface area contributed by atoms with Crippen LogP contribution in [0.15, 0.2) is 34.6 Å². The quantitative estimate of drug-likeness (QED) is 0.404. The average Bonchev–Trinajstić information content (AvgIpc) is 2.34. The first-order valence-corrected chi connectivity index (χ1v) is 6.37. The van der Waals surface area contributed by atoms with E-state index in [2.05, 4.69) is 0 Å². The second-order valence-electron chi connectivity index (χ2n) is 4.89. The van der Waals surface area contributed by atoms with Crippen molar-refractivity contribution in [3.63, 3.8) is 0 Å². The van der Waals surface area contributed by atoms with E-state index in [0.29, 0.717) is 18.8 Å². The molecule has 0 aliphatic rings. The summed E-state index contributed by atoms with van der Waals surface area (Å²) in [7, 11) is 0. The van der Waals surface area contributed by atoms with Gasteiger partial charge in [0.15, 0.2) is 0 Å². The monoisotopic (exact) mass is 270 g/mol. The molecule has 0 amide bonds. The smallest absolute Gasteiger partial charge is 0.216 e. The number of rotatable bonds is 8. The Kier molecular flexibility index (Phi) is 9.21. The Hall–Kier alpha value is -1.10. The molecule has 0 saturated carbocycles. The van der Waals surface area contributed by atoms with Gasteiger partial charge in [0.2, 0.25) is 6.29 Å². The van der Waals surface area contributed by atoms with Crippen molar-refractivity contribution in [3.8, 4) is 0 Å². The number of hydrogen-bond acceptors (Lipinski definition) is 4. The van der Waals surface area contributed by atoms with Gasteiger partial charge in [-0.2, -0.15) is 0 Å². The summed E-state index contributed by atoms with van der Waals surface area (Å²) in [6, 6.07) is 0. The van der Waals surface area contributed by atoms with Gasteiger partial charge in [-0.1, -0.05) is 23.3 Å². The van der Waals surface area contributed by atoms with Gasteiger partial charge >= 0.3 is 0 Å². The van der Waals surface area contributed by atoms with Gasteiger partial charge in [0.05, 0.1) is 19.8 Å². The second-order valence-corrected chi connectivity index (χ2v) is 4.89. The molecular weight excluding hydrogens is 244 g/mol. The van der Waals surface area contributed by atoms with Crippen LogP contribution >= 0.6 is 0 Å². The van der Waals surface area contributed by atoms with Crippen LogP contribution in [0.25, 0.3) is 0 Å². The SMILES string of the molecule is CC(C)=CCOC(OCC=C(C)C)C(O)=C(C)CO. The number of allylic oxidation sites excluding steroid dienone is 2. The lowest BCUT2D eigenvalue weighted by atomic mass is 10.2. The van der Waals surface area contributed by atoms with E-state index in [-0.39, 0.29) is 12.4 Å². The normalized spacial score (nSPS) is 12.2. The van der Waals surface area contributed by atoms with Crippen molar-refractivity contribution in [1.82, 2.24) is 0 Å². The van der Waals surface area contributed by atoms with Gasteiger partial charge in [-0.3, -0.25) is 0 Å². The van der Waals surface area contributed by atoms with Crippen LogP contribution in [0.1, 0.15) is 34.6 Å². The highest BCUT2D eigenvalue weighted by Gasteiger charge is 2.16. The first kappa shape index (κ1) is 17.9. The third-order valence-electron chi connectivity index (χ3n) is 2.38. The number of aliphatic hydroxyl groups excluding tert-OH is 2. The molecule has 0 spiro atoms. The molecule has 19 heavy (non-hydrogen) atoms. The van der Waals surface area contributed by atoms with Gasteiger partial charge in [-0.25, -0.2) is 0 Å². The van der Waals surface area contributed by atoms with Gasteiger partial charge in [0, 0.05) is 0 Å². The molecule has 4 heteroatoms. The van der Waals surface area contributed by atoms with Gasteiger partial charge in [-0.15, -0.1) is 0 Å². The summed E-state index contributed by atoms with van der Waals surface area (Å²) in [5.74, 6) is -0.0631. The van der Waals surface area contributed by atoms with E-state index in [1.54, 1.807) is 6.92 Å². The topological polar surface area (TPSA) is 58.9 Å². The van der Waals surface area contributed by atoms with Crippen LogP contribution in [-0.4, -0.2) is 36.3 Å². The maximum Gasteiger partial charge on any atom is 0.216 e. The third-order valence-corrected chi connectivity index (χ3v) is 2.38. The molecule has 0 aromatic carbocycles. The molecule has 0 rings (SSSR count). The lowest BCUT2D eigenvalue weighted by Gasteiger charge is -2.18. The van der Waals surface area contributed by atoms with E-state index in [0.717, 1.165) is 11.1 Å². The van der Waals surface area contributed by atoms with Gasteiger partial charge in [-0.05, 0) is 40.2 Å². The Morgan fingerprint density at radius 2 is 1.37 bits per heavy atom. The lowest BCUT2D eigenvalue weighted by Crippen LogP contribution is -2.22. The molecule has 0 fully saturated rings. The largest absolute Gasteiger partial charge is 0.507 e. The minimum absolute atomic E-state index is 0.0631.